The summed E-state index contributed by atoms with van der Waals surface area (Å²) in [5, 5.41) is 0. The van der Waals surface area contributed by atoms with Crippen LogP contribution in [0.5, 0.6) is 0 Å². The Labute approximate surface area is 79.6 Å². The highest BCUT2D eigenvalue weighted by Gasteiger charge is 1.95. The number of halogens is 1. The first kappa shape index (κ1) is 9.60. The van der Waals surface area contributed by atoms with Gasteiger partial charge in [0.2, 0.25) is 0 Å². The second kappa shape index (κ2) is 4.51. The van der Waals surface area contributed by atoms with Crippen LogP contribution in [0.15, 0.2) is 18.2 Å². The lowest BCUT2D eigenvalue weighted by molar-refractivity contribution is 0.926. The molecule has 0 amide bonds. The number of rotatable bonds is 3. The standard InChI is InChI=1S/C11H15Cl/c1-9-5-6-11(4-3-7-12)8-10(9)2/h5-6,8H,3-4,7H2,1-2H3. The van der Waals surface area contributed by atoms with Gasteiger partial charge in [-0.15, -0.1) is 11.6 Å². The van der Waals surface area contributed by atoms with Gasteiger partial charge in [-0.05, 0) is 43.4 Å². The predicted octanol–water partition coefficient (Wildman–Crippen LogP) is 3.47. The molecule has 1 rings (SSSR count). The molecule has 0 nitrogen and oxygen atoms in total. The van der Waals surface area contributed by atoms with Crippen LogP contribution in [0, 0.1) is 13.8 Å². The Balaban J connectivity index is 2.69. The quantitative estimate of drug-likeness (QED) is 0.628. The molecule has 0 heterocycles. The van der Waals surface area contributed by atoms with Gasteiger partial charge >= 0.3 is 0 Å². The van der Waals surface area contributed by atoms with Crippen LogP contribution in [0.2, 0.25) is 0 Å². The van der Waals surface area contributed by atoms with E-state index in [1.807, 2.05) is 0 Å². The van der Waals surface area contributed by atoms with E-state index in [-0.39, 0.29) is 0 Å². The summed E-state index contributed by atoms with van der Waals surface area (Å²) in [7, 11) is 0. The van der Waals surface area contributed by atoms with E-state index in [4.69, 9.17) is 11.6 Å². The molecule has 1 aromatic carbocycles. The third kappa shape index (κ3) is 2.53. The van der Waals surface area contributed by atoms with Crippen LogP contribution in [0.25, 0.3) is 0 Å². The van der Waals surface area contributed by atoms with E-state index >= 15 is 0 Å². The first-order valence-electron chi connectivity index (χ1n) is 4.36. The lowest BCUT2D eigenvalue weighted by Gasteiger charge is -2.03. The molecule has 0 N–H and O–H groups in total. The van der Waals surface area contributed by atoms with Gasteiger partial charge in [-0.25, -0.2) is 0 Å². The Bertz CT molecular complexity index is 253. The number of benzene rings is 1. The van der Waals surface area contributed by atoms with Gasteiger partial charge in [0.1, 0.15) is 0 Å². The van der Waals surface area contributed by atoms with E-state index in [0.717, 1.165) is 18.7 Å². The minimum absolute atomic E-state index is 0.757. The van der Waals surface area contributed by atoms with Gasteiger partial charge in [-0.2, -0.15) is 0 Å². The molecule has 0 saturated carbocycles. The predicted molar refractivity (Wildman–Crippen MR) is 55.0 cm³/mol. The monoisotopic (exact) mass is 182 g/mol. The van der Waals surface area contributed by atoms with Gasteiger partial charge < -0.3 is 0 Å². The smallest absolute Gasteiger partial charge is 0.0226 e. The Morgan fingerprint density at radius 2 is 1.92 bits per heavy atom. The van der Waals surface area contributed by atoms with Crippen molar-refractivity contribution in [1.82, 2.24) is 0 Å². The largest absolute Gasteiger partial charge is 0.127 e. The maximum atomic E-state index is 5.62. The fourth-order valence-corrected chi connectivity index (χ4v) is 1.36. The van der Waals surface area contributed by atoms with Gasteiger partial charge in [0, 0.05) is 5.88 Å². The van der Waals surface area contributed by atoms with E-state index in [0.29, 0.717) is 0 Å². The van der Waals surface area contributed by atoms with Crippen molar-refractivity contribution >= 4 is 11.6 Å². The molecule has 0 unspecified atom stereocenters. The highest BCUT2D eigenvalue weighted by atomic mass is 35.5. The van der Waals surface area contributed by atoms with Crippen LogP contribution < -0.4 is 0 Å². The summed E-state index contributed by atoms with van der Waals surface area (Å²) in [6.07, 6.45) is 2.18. The molecule has 0 aliphatic rings. The van der Waals surface area contributed by atoms with Gasteiger partial charge in [0.05, 0.1) is 0 Å². The average Bonchev–Trinajstić information content (AvgIpc) is 2.07. The van der Waals surface area contributed by atoms with E-state index < -0.39 is 0 Å². The van der Waals surface area contributed by atoms with Gasteiger partial charge in [-0.3, -0.25) is 0 Å². The maximum absolute atomic E-state index is 5.62. The zero-order valence-corrected chi connectivity index (χ0v) is 8.49. The normalized spacial score (nSPS) is 10.2. The number of hydrogen-bond donors (Lipinski definition) is 0. The summed E-state index contributed by atoms with van der Waals surface area (Å²) in [6, 6.07) is 6.62. The molecule has 1 heteroatoms. The molecule has 66 valence electrons. The summed E-state index contributed by atoms with van der Waals surface area (Å²) in [6.45, 7) is 4.29. The molecular formula is C11H15Cl. The number of hydrogen-bond acceptors (Lipinski definition) is 0. The van der Waals surface area contributed by atoms with Crippen LogP contribution in [-0.2, 0) is 6.42 Å². The van der Waals surface area contributed by atoms with E-state index in [1.54, 1.807) is 0 Å². The summed E-state index contributed by atoms with van der Waals surface area (Å²) in [5.74, 6) is 0.757. The number of aryl methyl sites for hydroxylation is 3. The van der Waals surface area contributed by atoms with Crippen molar-refractivity contribution in [3.63, 3.8) is 0 Å². The highest BCUT2D eigenvalue weighted by molar-refractivity contribution is 6.17. The van der Waals surface area contributed by atoms with Crippen molar-refractivity contribution in [1.29, 1.82) is 0 Å². The van der Waals surface area contributed by atoms with Crippen LogP contribution in [-0.4, -0.2) is 5.88 Å². The van der Waals surface area contributed by atoms with Crippen molar-refractivity contribution in [3.8, 4) is 0 Å². The molecule has 0 aliphatic carbocycles. The Hall–Kier alpha value is -0.490. The van der Waals surface area contributed by atoms with E-state index in [2.05, 4.69) is 32.0 Å². The zero-order valence-electron chi connectivity index (χ0n) is 7.73. The summed E-state index contributed by atoms with van der Waals surface area (Å²) in [5.41, 5.74) is 4.14. The third-order valence-electron chi connectivity index (χ3n) is 2.17. The van der Waals surface area contributed by atoms with Gasteiger partial charge in [0.15, 0.2) is 0 Å². The third-order valence-corrected chi connectivity index (χ3v) is 2.44. The highest BCUT2D eigenvalue weighted by Crippen LogP contribution is 2.11. The minimum atomic E-state index is 0.757. The van der Waals surface area contributed by atoms with Crippen molar-refractivity contribution in [3.05, 3.63) is 34.9 Å². The molecule has 12 heavy (non-hydrogen) atoms. The molecule has 0 aliphatic heterocycles. The first-order valence-corrected chi connectivity index (χ1v) is 4.89. The average molecular weight is 183 g/mol. The summed E-state index contributed by atoms with van der Waals surface area (Å²) >= 11 is 5.62. The molecule has 0 spiro atoms. The van der Waals surface area contributed by atoms with Crippen molar-refractivity contribution in [2.24, 2.45) is 0 Å². The molecule has 0 saturated heterocycles. The minimum Gasteiger partial charge on any atom is -0.127 e. The first-order chi connectivity index (χ1) is 5.74. The molecule has 0 atom stereocenters. The fourth-order valence-electron chi connectivity index (χ4n) is 1.23. The second-order valence-electron chi connectivity index (χ2n) is 3.21. The topological polar surface area (TPSA) is 0 Å². The lowest BCUT2D eigenvalue weighted by Crippen LogP contribution is -1.88. The Morgan fingerprint density at radius 3 is 2.50 bits per heavy atom. The lowest BCUT2D eigenvalue weighted by atomic mass is 10.0. The molecular weight excluding hydrogens is 168 g/mol. The van der Waals surface area contributed by atoms with Crippen molar-refractivity contribution < 1.29 is 0 Å². The summed E-state index contributed by atoms with van der Waals surface area (Å²) in [4.78, 5) is 0. The SMILES string of the molecule is Cc1ccc(CCCCl)cc1C. The molecule has 0 radical (unpaired) electrons. The van der Waals surface area contributed by atoms with Crippen molar-refractivity contribution in [2.45, 2.75) is 26.7 Å². The second-order valence-corrected chi connectivity index (χ2v) is 3.59. The van der Waals surface area contributed by atoms with Crippen LogP contribution in [0.4, 0.5) is 0 Å². The van der Waals surface area contributed by atoms with Gasteiger partial charge in [0.25, 0.3) is 0 Å². The van der Waals surface area contributed by atoms with Crippen LogP contribution in [0.1, 0.15) is 23.1 Å². The zero-order chi connectivity index (χ0) is 8.97. The van der Waals surface area contributed by atoms with Crippen LogP contribution >= 0.6 is 11.6 Å². The molecule has 1 aromatic rings. The van der Waals surface area contributed by atoms with Crippen LogP contribution in [0.3, 0.4) is 0 Å². The summed E-state index contributed by atoms with van der Waals surface area (Å²) < 4.78 is 0. The van der Waals surface area contributed by atoms with E-state index in [1.165, 1.54) is 16.7 Å². The van der Waals surface area contributed by atoms with Gasteiger partial charge in [-0.1, -0.05) is 18.2 Å². The maximum Gasteiger partial charge on any atom is 0.0226 e. The van der Waals surface area contributed by atoms with E-state index in [9.17, 15) is 0 Å². The number of alkyl halides is 1. The van der Waals surface area contributed by atoms with Crippen molar-refractivity contribution in [2.75, 3.05) is 5.88 Å². The fraction of sp³-hybridized carbons (Fsp3) is 0.455. The molecule has 0 fully saturated rings. The molecule has 0 aromatic heterocycles. The Morgan fingerprint density at radius 1 is 1.17 bits per heavy atom. The Kier molecular flexibility index (Phi) is 3.61. The molecule has 0 bridgehead atoms.